The molecule has 100 valence electrons. The number of nitrogens with zero attached hydrogens (tertiary/aromatic N) is 1. The van der Waals surface area contributed by atoms with Gasteiger partial charge in [-0.1, -0.05) is 0 Å². The van der Waals surface area contributed by atoms with Gasteiger partial charge in [-0.25, -0.2) is 0 Å². The van der Waals surface area contributed by atoms with Gasteiger partial charge in [-0.05, 0) is 25.7 Å². The van der Waals surface area contributed by atoms with Crippen LogP contribution >= 0.6 is 0 Å². The molecule has 0 amide bonds. The van der Waals surface area contributed by atoms with E-state index in [-0.39, 0.29) is 12.6 Å². The van der Waals surface area contributed by atoms with E-state index in [2.05, 4.69) is 0 Å². The maximum atomic E-state index is 10.0. The van der Waals surface area contributed by atoms with Crippen molar-refractivity contribution in [1.82, 2.24) is 0 Å². The predicted octanol–water partition coefficient (Wildman–Crippen LogP) is -1.17. The lowest BCUT2D eigenvalue weighted by Crippen LogP contribution is -2.72. The van der Waals surface area contributed by atoms with Crippen LogP contribution in [0.4, 0.5) is 0 Å². The Bertz CT molecular complexity index is 253. The van der Waals surface area contributed by atoms with Crippen molar-refractivity contribution >= 4 is 0 Å². The Balaban J connectivity index is 2.22. The fourth-order valence-corrected chi connectivity index (χ4v) is 3.51. The van der Waals surface area contributed by atoms with Crippen LogP contribution in [0.25, 0.3) is 0 Å². The van der Waals surface area contributed by atoms with Crippen molar-refractivity contribution < 1.29 is 24.9 Å². The summed E-state index contributed by atoms with van der Waals surface area (Å²) in [6.45, 7) is 2.08. The van der Waals surface area contributed by atoms with Crippen LogP contribution in [0, 0.1) is 0 Å². The molecule has 0 aromatic rings. The lowest BCUT2D eigenvalue weighted by Gasteiger charge is -2.51. The maximum Gasteiger partial charge on any atom is 0.141 e. The van der Waals surface area contributed by atoms with Gasteiger partial charge in [0, 0.05) is 0 Å². The summed E-state index contributed by atoms with van der Waals surface area (Å²) in [6.07, 6.45) is 1.43. The molecule has 0 aromatic heterocycles. The first-order valence-corrected chi connectivity index (χ1v) is 6.61. The molecule has 5 heteroatoms. The van der Waals surface area contributed by atoms with Crippen LogP contribution < -0.4 is 0 Å². The van der Waals surface area contributed by atoms with Crippen molar-refractivity contribution in [3.05, 3.63) is 0 Å². The van der Waals surface area contributed by atoms with Gasteiger partial charge in [0.1, 0.15) is 30.9 Å². The molecular formula is C12H24NO4+. The number of quaternary nitrogens is 1. The van der Waals surface area contributed by atoms with Crippen LogP contribution in [0.15, 0.2) is 0 Å². The molecule has 2 rings (SSSR count). The lowest BCUT2D eigenvalue weighted by molar-refractivity contribution is -0.963. The molecule has 2 saturated heterocycles. The monoisotopic (exact) mass is 246 g/mol. The molecule has 0 bridgehead atoms. The number of aliphatic hydroxyl groups excluding tert-OH is 4. The average molecular weight is 246 g/mol. The van der Waals surface area contributed by atoms with E-state index in [1.54, 1.807) is 0 Å². The zero-order chi connectivity index (χ0) is 12.5. The summed E-state index contributed by atoms with van der Waals surface area (Å²) in [6, 6.07) is -0.355. The van der Waals surface area contributed by atoms with E-state index in [1.165, 1.54) is 12.8 Å². The first-order valence-electron chi connectivity index (χ1n) is 6.61. The number of hydrogen-bond donors (Lipinski definition) is 4. The van der Waals surface area contributed by atoms with Gasteiger partial charge in [0.2, 0.25) is 0 Å². The molecule has 0 saturated carbocycles. The highest BCUT2D eigenvalue weighted by atomic mass is 16.4. The van der Waals surface area contributed by atoms with Gasteiger partial charge in [-0.2, -0.15) is 0 Å². The summed E-state index contributed by atoms with van der Waals surface area (Å²) >= 11 is 0. The Morgan fingerprint density at radius 2 is 1.47 bits per heavy atom. The molecule has 0 unspecified atom stereocenters. The van der Waals surface area contributed by atoms with E-state index in [9.17, 15) is 20.4 Å². The van der Waals surface area contributed by atoms with Crippen LogP contribution in [-0.4, -0.2) is 75.5 Å². The normalized spacial score (nSPS) is 42.4. The molecule has 5 nitrogen and oxygen atoms in total. The van der Waals surface area contributed by atoms with Crippen molar-refractivity contribution in [2.75, 3.05) is 26.2 Å². The van der Waals surface area contributed by atoms with E-state index in [0.29, 0.717) is 11.0 Å². The summed E-state index contributed by atoms with van der Waals surface area (Å²) in [4.78, 5) is 0. The molecule has 4 atom stereocenters. The van der Waals surface area contributed by atoms with Crippen molar-refractivity contribution in [2.45, 2.75) is 50.0 Å². The van der Waals surface area contributed by atoms with E-state index < -0.39 is 18.3 Å². The van der Waals surface area contributed by atoms with Crippen molar-refractivity contribution in [3.8, 4) is 0 Å². The van der Waals surface area contributed by atoms with E-state index in [1.807, 2.05) is 0 Å². The molecule has 4 N–H and O–H groups in total. The van der Waals surface area contributed by atoms with Crippen molar-refractivity contribution in [2.24, 2.45) is 0 Å². The van der Waals surface area contributed by atoms with E-state index >= 15 is 0 Å². The number of piperidine rings is 1. The van der Waals surface area contributed by atoms with Crippen LogP contribution in [0.5, 0.6) is 0 Å². The highest BCUT2D eigenvalue weighted by molar-refractivity contribution is 4.88. The highest BCUT2D eigenvalue weighted by Gasteiger charge is 2.51. The second-order valence-corrected chi connectivity index (χ2v) is 5.56. The minimum Gasteiger partial charge on any atom is -0.390 e. The minimum absolute atomic E-state index is 0.134. The zero-order valence-electron chi connectivity index (χ0n) is 10.2. The summed E-state index contributed by atoms with van der Waals surface area (Å²) in [5, 5.41) is 39.1. The molecule has 17 heavy (non-hydrogen) atoms. The number of aliphatic hydroxyl groups is 4. The van der Waals surface area contributed by atoms with Gasteiger partial charge >= 0.3 is 0 Å². The second-order valence-electron chi connectivity index (χ2n) is 5.56. The van der Waals surface area contributed by atoms with Crippen LogP contribution in [-0.2, 0) is 0 Å². The number of rotatable bonds is 1. The van der Waals surface area contributed by atoms with E-state index in [0.717, 1.165) is 25.9 Å². The quantitative estimate of drug-likeness (QED) is 0.440. The minimum atomic E-state index is -1.13. The Kier molecular flexibility index (Phi) is 4.05. The van der Waals surface area contributed by atoms with E-state index in [4.69, 9.17) is 0 Å². The van der Waals surface area contributed by atoms with Gasteiger partial charge in [0.15, 0.2) is 0 Å². The molecular weight excluding hydrogens is 222 g/mol. The first kappa shape index (κ1) is 13.2. The lowest BCUT2D eigenvalue weighted by atomic mass is 9.90. The Morgan fingerprint density at radius 3 is 2.00 bits per heavy atom. The van der Waals surface area contributed by atoms with Crippen LogP contribution in [0.1, 0.15) is 25.7 Å². The van der Waals surface area contributed by atoms with Gasteiger partial charge in [0.05, 0.1) is 19.7 Å². The third kappa shape index (κ3) is 2.35. The smallest absolute Gasteiger partial charge is 0.141 e. The Hall–Kier alpha value is -0.200. The first-order chi connectivity index (χ1) is 8.10. The van der Waals surface area contributed by atoms with Gasteiger partial charge in [-0.15, -0.1) is 0 Å². The summed E-state index contributed by atoms with van der Waals surface area (Å²) in [5.41, 5.74) is 0. The van der Waals surface area contributed by atoms with Gasteiger partial charge in [-0.3, -0.25) is 0 Å². The maximum absolute atomic E-state index is 10.0. The molecule has 2 aliphatic rings. The molecule has 0 aliphatic carbocycles. The zero-order valence-corrected chi connectivity index (χ0v) is 10.2. The number of hydrogen-bond acceptors (Lipinski definition) is 4. The predicted molar refractivity (Wildman–Crippen MR) is 62.2 cm³/mol. The van der Waals surface area contributed by atoms with Gasteiger partial charge < -0.3 is 24.9 Å². The fourth-order valence-electron chi connectivity index (χ4n) is 3.51. The standard InChI is InChI=1S/C12H24NO4/c14-8-9-11(16)12(17)10(15)7-13(9)5-3-1-2-4-6-13/h9-12,14-17H,1-8H2/q+1/t9-,10-,11-,12-/m1/s1. The fraction of sp³-hybridized carbons (Fsp3) is 1.00. The Morgan fingerprint density at radius 1 is 0.882 bits per heavy atom. The highest BCUT2D eigenvalue weighted by Crippen LogP contribution is 2.30. The molecule has 0 aromatic carbocycles. The second kappa shape index (κ2) is 5.20. The molecule has 2 heterocycles. The largest absolute Gasteiger partial charge is 0.390 e. The summed E-state index contributed by atoms with van der Waals surface area (Å²) in [5.74, 6) is 0. The third-order valence-electron chi connectivity index (χ3n) is 4.54. The molecule has 0 radical (unpaired) electrons. The van der Waals surface area contributed by atoms with Crippen LogP contribution in [0.2, 0.25) is 0 Å². The average Bonchev–Trinajstić information content (AvgIpc) is 2.53. The Labute approximate surface area is 102 Å². The molecule has 2 fully saturated rings. The van der Waals surface area contributed by atoms with Crippen molar-refractivity contribution in [3.63, 3.8) is 0 Å². The van der Waals surface area contributed by atoms with Gasteiger partial charge in [0.25, 0.3) is 0 Å². The van der Waals surface area contributed by atoms with Crippen LogP contribution in [0.3, 0.4) is 0 Å². The third-order valence-corrected chi connectivity index (χ3v) is 4.54. The molecule has 2 aliphatic heterocycles. The SMILES string of the molecule is OC[C@@H]1[C@@H](O)[C@H](O)[C@H](O)C[N+]12CCCCCC2. The molecule has 1 spiro atoms. The summed E-state index contributed by atoms with van der Waals surface area (Å²) in [7, 11) is 0. The topological polar surface area (TPSA) is 80.9 Å². The summed E-state index contributed by atoms with van der Waals surface area (Å²) < 4.78 is 0.565. The van der Waals surface area contributed by atoms with Crippen molar-refractivity contribution in [1.29, 1.82) is 0 Å².